The predicted molar refractivity (Wildman–Crippen MR) is 78.4 cm³/mol. The minimum atomic E-state index is 0.960. The highest BCUT2D eigenvalue weighted by Crippen LogP contribution is 2.10. The van der Waals surface area contributed by atoms with Crippen LogP contribution in [0.5, 0.6) is 0 Å². The molecular formula is C16H16N2. The molecule has 2 heteroatoms. The summed E-state index contributed by atoms with van der Waals surface area (Å²) in [6, 6.07) is 20.0. The van der Waals surface area contributed by atoms with Gasteiger partial charge in [0.05, 0.1) is 5.69 Å². The lowest BCUT2D eigenvalue weighted by Gasteiger charge is -2.04. The number of rotatable bonds is 4. The molecular weight excluding hydrogens is 220 g/mol. The first kappa shape index (κ1) is 12.1. The Bertz CT molecular complexity index is 528. The fraction of sp³-hybridized carbons (Fsp3) is 0.0625. The van der Waals surface area contributed by atoms with Gasteiger partial charge in [0.15, 0.2) is 0 Å². The van der Waals surface area contributed by atoms with E-state index in [1.54, 1.807) is 6.21 Å². The van der Waals surface area contributed by atoms with Gasteiger partial charge in [-0.05, 0) is 37.3 Å². The summed E-state index contributed by atoms with van der Waals surface area (Å²) in [4.78, 5) is 4.35. The number of para-hydroxylation sites is 2. The second-order valence-electron chi connectivity index (χ2n) is 3.95. The molecule has 90 valence electrons. The molecule has 0 saturated carbocycles. The van der Waals surface area contributed by atoms with Crippen LogP contribution < -0.4 is 5.32 Å². The van der Waals surface area contributed by atoms with Crippen LogP contribution in [0.15, 0.2) is 77.4 Å². The molecule has 0 spiro atoms. The molecule has 2 aromatic carbocycles. The van der Waals surface area contributed by atoms with Crippen LogP contribution in [0.25, 0.3) is 0 Å². The first-order valence-electron chi connectivity index (χ1n) is 5.93. The molecule has 0 bridgehead atoms. The Morgan fingerprint density at radius 3 is 2.22 bits per heavy atom. The minimum Gasteiger partial charge on any atom is -0.359 e. The summed E-state index contributed by atoms with van der Waals surface area (Å²) in [5.74, 6) is 0. The van der Waals surface area contributed by atoms with E-state index in [1.165, 1.54) is 0 Å². The predicted octanol–water partition coefficient (Wildman–Crippen LogP) is 4.40. The summed E-state index contributed by atoms with van der Waals surface area (Å²) in [5.41, 5.74) is 3.10. The van der Waals surface area contributed by atoms with Crippen molar-refractivity contribution in [1.29, 1.82) is 0 Å². The first-order chi connectivity index (χ1) is 8.84. The van der Waals surface area contributed by atoms with Crippen LogP contribution in [0, 0.1) is 0 Å². The van der Waals surface area contributed by atoms with Gasteiger partial charge < -0.3 is 5.32 Å². The van der Waals surface area contributed by atoms with E-state index >= 15 is 0 Å². The summed E-state index contributed by atoms with van der Waals surface area (Å²) in [7, 11) is 0. The molecule has 2 rings (SSSR count). The molecule has 0 aliphatic heterocycles. The lowest BCUT2D eigenvalue weighted by atomic mass is 10.3. The Balaban J connectivity index is 1.95. The van der Waals surface area contributed by atoms with Crippen LogP contribution >= 0.6 is 0 Å². The van der Waals surface area contributed by atoms with Crippen molar-refractivity contribution in [2.45, 2.75) is 6.92 Å². The van der Waals surface area contributed by atoms with E-state index in [0.717, 1.165) is 17.1 Å². The lowest BCUT2D eigenvalue weighted by Crippen LogP contribution is -1.94. The Morgan fingerprint density at radius 1 is 0.944 bits per heavy atom. The van der Waals surface area contributed by atoms with Crippen LogP contribution in [0.4, 0.5) is 11.4 Å². The van der Waals surface area contributed by atoms with Crippen molar-refractivity contribution in [3.8, 4) is 0 Å². The van der Waals surface area contributed by atoms with Gasteiger partial charge in [-0.25, -0.2) is 0 Å². The largest absolute Gasteiger partial charge is 0.359 e. The average molecular weight is 236 g/mol. The number of nitrogens with zero attached hydrogens (tertiary/aromatic N) is 1. The van der Waals surface area contributed by atoms with Crippen molar-refractivity contribution in [3.05, 3.63) is 72.4 Å². The number of benzene rings is 2. The maximum Gasteiger partial charge on any atom is 0.0629 e. The monoisotopic (exact) mass is 236 g/mol. The van der Waals surface area contributed by atoms with Gasteiger partial charge in [-0.2, -0.15) is 0 Å². The molecule has 0 aliphatic carbocycles. The van der Waals surface area contributed by atoms with E-state index < -0.39 is 0 Å². The highest BCUT2D eigenvalue weighted by atomic mass is 14.9. The quantitative estimate of drug-likeness (QED) is 0.781. The van der Waals surface area contributed by atoms with Crippen LogP contribution in [0.3, 0.4) is 0 Å². The van der Waals surface area contributed by atoms with Gasteiger partial charge in [-0.15, -0.1) is 0 Å². The zero-order valence-corrected chi connectivity index (χ0v) is 10.4. The van der Waals surface area contributed by atoms with E-state index in [0.29, 0.717) is 0 Å². The SMILES string of the molecule is CC(=CC=Nc1ccccc1)Nc1ccccc1. The standard InChI is InChI=1S/C16H16N2/c1-14(18-16-10-6-3-7-11-16)12-13-17-15-8-4-2-5-9-15/h2-13,18H,1H3. The number of hydrogen-bond acceptors (Lipinski definition) is 2. The third kappa shape index (κ3) is 3.91. The normalized spacial score (nSPS) is 11.7. The van der Waals surface area contributed by atoms with Crippen LogP contribution in [-0.4, -0.2) is 6.21 Å². The zero-order chi connectivity index (χ0) is 12.6. The average Bonchev–Trinajstić information content (AvgIpc) is 2.41. The Kier molecular flexibility index (Phi) is 4.31. The van der Waals surface area contributed by atoms with Gasteiger partial charge in [-0.1, -0.05) is 36.4 Å². The molecule has 2 nitrogen and oxygen atoms in total. The molecule has 0 fully saturated rings. The smallest absolute Gasteiger partial charge is 0.0629 e. The second-order valence-corrected chi connectivity index (χ2v) is 3.95. The molecule has 1 N–H and O–H groups in total. The van der Waals surface area contributed by atoms with Gasteiger partial charge in [0.1, 0.15) is 0 Å². The summed E-state index contributed by atoms with van der Waals surface area (Å²) in [6.07, 6.45) is 3.76. The van der Waals surface area contributed by atoms with E-state index in [1.807, 2.05) is 73.7 Å². The third-order valence-electron chi connectivity index (χ3n) is 2.42. The van der Waals surface area contributed by atoms with Gasteiger partial charge in [0, 0.05) is 17.6 Å². The maximum absolute atomic E-state index is 4.35. The van der Waals surface area contributed by atoms with Gasteiger partial charge in [0.25, 0.3) is 0 Å². The van der Waals surface area contributed by atoms with Crippen molar-refractivity contribution in [2.24, 2.45) is 4.99 Å². The molecule has 0 unspecified atom stereocenters. The number of hydrogen-bond donors (Lipinski definition) is 1. The summed E-state index contributed by atoms with van der Waals surface area (Å²) in [6.45, 7) is 2.02. The number of nitrogens with one attached hydrogen (secondary N) is 1. The fourth-order valence-electron chi connectivity index (χ4n) is 1.54. The lowest BCUT2D eigenvalue weighted by molar-refractivity contribution is 1.38. The topological polar surface area (TPSA) is 24.4 Å². The van der Waals surface area contributed by atoms with Crippen LogP contribution in [0.1, 0.15) is 6.92 Å². The number of allylic oxidation sites excluding steroid dienone is 2. The molecule has 0 aromatic heterocycles. The van der Waals surface area contributed by atoms with Crippen LogP contribution in [-0.2, 0) is 0 Å². The molecule has 0 saturated heterocycles. The highest BCUT2D eigenvalue weighted by molar-refractivity contribution is 5.76. The Hall–Kier alpha value is -2.35. The van der Waals surface area contributed by atoms with E-state index in [4.69, 9.17) is 0 Å². The molecule has 0 radical (unpaired) electrons. The Labute approximate surface area is 108 Å². The van der Waals surface area contributed by atoms with Crippen molar-refractivity contribution in [1.82, 2.24) is 0 Å². The maximum atomic E-state index is 4.35. The number of anilines is 1. The summed E-state index contributed by atoms with van der Waals surface area (Å²) in [5, 5.41) is 3.30. The van der Waals surface area contributed by atoms with Gasteiger partial charge in [0.2, 0.25) is 0 Å². The molecule has 0 atom stereocenters. The highest BCUT2D eigenvalue weighted by Gasteiger charge is 1.89. The summed E-state index contributed by atoms with van der Waals surface area (Å²) < 4.78 is 0. The van der Waals surface area contributed by atoms with Crippen molar-refractivity contribution >= 4 is 17.6 Å². The zero-order valence-electron chi connectivity index (χ0n) is 10.4. The second kappa shape index (κ2) is 6.40. The first-order valence-corrected chi connectivity index (χ1v) is 5.93. The van der Waals surface area contributed by atoms with Crippen molar-refractivity contribution in [3.63, 3.8) is 0 Å². The van der Waals surface area contributed by atoms with Gasteiger partial charge in [-0.3, -0.25) is 4.99 Å². The molecule has 18 heavy (non-hydrogen) atoms. The molecule has 0 aliphatic rings. The Morgan fingerprint density at radius 2 is 1.56 bits per heavy atom. The fourth-order valence-corrected chi connectivity index (χ4v) is 1.54. The van der Waals surface area contributed by atoms with Crippen LogP contribution in [0.2, 0.25) is 0 Å². The minimum absolute atomic E-state index is 0.960. The van der Waals surface area contributed by atoms with E-state index in [9.17, 15) is 0 Å². The number of aliphatic imine (C=N–C) groups is 1. The van der Waals surface area contributed by atoms with E-state index in [2.05, 4.69) is 10.3 Å². The molecule has 2 aromatic rings. The van der Waals surface area contributed by atoms with Gasteiger partial charge >= 0.3 is 0 Å². The summed E-state index contributed by atoms with van der Waals surface area (Å²) >= 11 is 0. The van der Waals surface area contributed by atoms with E-state index in [-0.39, 0.29) is 0 Å². The molecule has 0 amide bonds. The van der Waals surface area contributed by atoms with Crippen molar-refractivity contribution in [2.75, 3.05) is 5.32 Å². The third-order valence-corrected chi connectivity index (χ3v) is 2.42. The molecule has 0 heterocycles. The van der Waals surface area contributed by atoms with Crippen molar-refractivity contribution < 1.29 is 0 Å².